The Bertz CT molecular complexity index is 426. The number of rotatable bonds is 2. The Morgan fingerprint density at radius 1 is 1.06 bits per heavy atom. The molecule has 1 aromatic rings. The maximum atomic E-state index is 11.7. The van der Waals surface area contributed by atoms with Crippen molar-refractivity contribution in [1.82, 2.24) is 0 Å². The summed E-state index contributed by atoms with van der Waals surface area (Å²) in [5.41, 5.74) is 4.42. The van der Waals surface area contributed by atoms with E-state index in [9.17, 15) is 4.79 Å². The molecule has 2 rings (SSSR count). The van der Waals surface area contributed by atoms with E-state index in [0.717, 1.165) is 31.4 Å². The summed E-state index contributed by atoms with van der Waals surface area (Å²) in [6.07, 6.45) is 4.55. The zero-order chi connectivity index (χ0) is 12.1. The Morgan fingerprint density at radius 3 is 2.53 bits per heavy atom. The highest BCUT2D eigenvalue weighted by molar-refractivity contribution is 6.40. The van der Waals surface area contributed by atoms with Crippen LogP contribution in [0, 0.1) is 0 Å². The summed E-state index contributed by atoms with van der Waals surface area (Å²) in [7, 11) is 0. The highest BCUT2D eigenvalue weighted by atomic mass is 35.5. The summed E-state index contributed by atoms with van der Waals surface area (Å²) in [5, 5.41) is 4.89. The third kappa shape index (κ3) is 3.56. The number of halogens is 1. The normalized spacial score (nSPS) is 19.1. The number of benzene rings is 1. The molecule has 17 heavy (non-hydrogen) atoms. The number of carbonyl (C=O) groups is 1. The first-order valence-corrected chi connectivity index (χ1v) is 6.25. The number of carbonyl (C=O) groups excluding carboxylic acids is 1. The molecule has 0 atom stereocenters. The lowest BCUT2D eigenvalue weighted by atomic mass is 10.1. The summed E-state index contributed by atoms with van der Waals surface area (Å²) in [5.74, 6) is 0.170. The van der Waals surface area contributed by atoms with Crippen LogP contribution in [0.25, 0.3) is 0 Å². The third-order valence-electron chi connectivity index (χ3n) is 2.80. The van der Waals surface area contributed by atoms with E-state index in [1.807, 2.05) is 12.1 Å². The number of nitrogens with one attached hydrogen (secondary N) is 1. The van der Waals surface area contributed by atoms with Gasteiger partial charge in [0.15, 0.2) is 5.78 Å². The molecule has 3 nitrogen and oxygen atoms in total. The van der Waals surface area contributed by atoms with Crippen molar-refractivity contribution in [2.24, 2.45) is 5.10 Å². The molecule has 0 radical (unpaired) electrons. The number of hydrogen-bond acceptors (Lipinski definition) is 3. The standard InChI is InChI=1S/C13H15ClN2O/c14-10-6-8-11(9-7-10)15-16-12-4-2-1-3-5-13(12)17/h6-9,15H,1-5H2. The summed E-state index contributed by atoms with van der Waals surface area (Å²) in [4.78, 5) is 11.7. The molecule has 0 aliphatic heterocycles. The Morgan fingerprint density at radius 2 is 1.76 bits per heavy atom. The van der Waals surface area contributed by atoms with Gasteiger partial charge in [0.1, 0.15) is 5.71 Å². The second kappa shape index (κ2) is 5.82. The van der Waals surface area contributed by atoms with E-state index in [1.54, 1.807) is 12.1 Å². The maximum Gasteiger partial charge on any atom is 0.178 e. The topological polar surface area (TPSA) is 41.5 Å². The van der Waals surface area contributed by atoms with Gasteiger partial charge in [-0.25, -0.2) is 0 Å². The van der Waals surface area contributed by atoms with Crippen LogP contribution in [-0.2, 0) is 4.79 Å². The molecule has 4 heteroatoms. The molecule has 0 heterocycles. The number of Topliss-reactive ketones (excluding diaryl/α,β-unsaturated/α-hetero) is 1. The van der Waals surface area contributed by atoms with Gasteiger partial charge in [-0.1, -0.05) is 18.0 Å². The van der Waals surface area contributed by atoms with Gasteiger partial charge in [-0.2, -0.15) is 5.10 Å². The average Bonchev–Trinajstić information content (AvgIpc) is 2.54. The summed E-state index contributed by atoms with van der Waals surface area (Å²) in [6.45, 7) is 0. The van der Waals surface area contributed by atoms with E-state index >= 15 is 0 Å². The van der Waals surface area contributed by atoms with Crippen LogP contribution in [-0.4, -0.2) is 11.5 Å². The average molecular weight is 251 g/mol. The van der Waals surface area contributed by atoms with Gasteiger partial charge in [-0.3, -0.25) is 10.2 Å². The van der Waals surface area contributed by atoms with Gasteiger partial charge in [0.05, 0.1) is 5.69 Å². The van der Waals surface area contributed by atoms with E-state index in [2.05, 4.69) is 10.5 Å². The molecule has 1 aromatic carbocycles. The maximum absolute atomic E-state index is 11.7. The van der Waals surface area contributed by atoms with Crippen LogP contribution in [0.1, 0.15) is 32.1 Å². The monoisotopic (exact) mass is 250 g/mol. The van der Waals surface area contributed by atoms with Crippen molar-refractivity contribution in [3.63, 3.8) is 0 Å². The SMILES string of the molecule is O=C1CCCCCC1=NNc1ccc(Cl)cc1. The van der Waals surface area contributed by atoms with Gasteiger partial charge >= 0.3 is 0 Å². The molecular formula is C13H15ClN2O. The largest absolute Gasteiger partial charge is 0.293 e. The van der Waals surface area contributed by atoms with Crippen LogP contribution in [0.15, 0.2) is 29.4 Å². The molecular weight excluding hydrogens is 236 g/mol. The van der Waals surface area contributed by atoms with Crippen molar-refractivity contribution in [1.29, 1.82) is 0 Å². The first kappa shape index (κ1) is 12.1. The first-order valence-electron chi connectivity index (χ1n) is 5.87. The highest BCUT2D eigenvalue weighted by Crippen LogP contribution is 2.15. The molecule has 0 saturated heterocycles. The second-order valence-electron chi connectivity index (χ2n) is 4.16. The molecule has 90 valence electrons. The van der Waals surface area contributed by atoms with E-state index in [-0.39, 0.29) is 5.78 Å². The Hall–Kier alpha value is -1.35. The van der Waals surface area contributed by atoms with Crippen molar-refractivity contribution in [3.05, 3.63) is 29.3 Å². The number of ketones is 1. The number of hydrazone groups is 1. The number of hydrogen-bond donors (Lipinski definition) is 1. The van der Waals surface area contributed by atoms with Gasteiger partial charge < -0.3 is 0 Å². The highest BCUT2D eigenvalue weighted by Gasteiger charge is 2.14. The van der Waals surface area contributed by atoms with E-state index in [0.29, 0.717) is 17.2 Å². The lowest BCUT2D eigenvalue weighted by molar-refractivity contribution is -0.113. The van der Waals surface area contributed by atoms with Crippen LogP contribution < -0.4 is 5.43 Å². The molecule has 1 aliphatic rings. The predicted octanol–water partition coefficient (Wildman–Crippen LogP) is 3.64. The molecule has 0 amide bonds. The minimum Gasteiger partial charge on any atom is -0.293 e. The lowest BCUT2D eigenvalue weighted by Crippen LogP contribution is -2.13. The van der Waals surface area contributed by atoms with Gasteiger partial charge in [-0.15, -0.1) is 0 Å². The van der Waals surface area contributed by atoms with Crippen molar-refractivity contribution in [3.8, 4) is 0 Å². The van der Waals surface area contributed by atoms with Crippen molar-refractivity contribution < 1.29 is 4.79 Å². The molecule has 0 unspecified atom stereocenters. The van der Waals surface area contributed by atoms with Gasteiger partial charge in [0.2, 0.25) is 0 Å². The fraction of sp³-hybridized carbons (Fsp3) is 0.385. The van der Waals surface area contributed by atoms with Crippen LogP contribution in [0.4, 0.5) is 5.69 Å². The van der Waals surface area contributed by atoms with Crippen LogP contribution in [0.5, 0.6) is 0 Å². The van der Waals surface area contributed by atoms with Crippen LogP contribution in [0.2, 0.25) is 5.02 Å². The Kier molecular flexibility index (Phi) is 4.15. The second-order valence-corrected chi connectivity index (χ2v) is 4.60. The fourth-order valence-corrected chi connectivity index (χ4v) is 1.94. The van der Waals surface area contributed by atoms with E-state index in [4.69, 9.17) is 11.6 Å². The summed E-state index contributed by atoms with van der Waals surface area (Å²) in [6, 6.07) is 7.26. The number of anilines is 1. The van der Waals surface area contributed by atoms with Crippen LogP contribution >= 0.6 is 11.6 Å². The number of nitrogens with zero attached hydrogens (tertiary/aromatic N) is 1. The molecule has 0 bridgehead atoms. The Labute approximate surface area is 106 Å². The molecule has 1 saturated carbocycles. The van der Waals surface area contributed by atoms with Gasteiger partial charge in [0, 0.05) is 11.4 Å². The third-order valence-corrected chi connectivity index (χ3v) is 3.06. The minimum absolute atomic E-state index is 0.170. The van der Waals surface area contributed by atoms with E-state index in [1.165, 1.54) is 0 Å². The van der Waals surface area contributed by atoms with Crippen molar-refractivity contribution >= 4 is 28.8 Å². The first-order chi connectivity index (χ1) is 8.25. The minimum atomic E-state index is 0.170. The quantitative estimate of drug-likeness (QED) is 0.643. The zero-order valence-corrected chi connectivity index (χ0v) is 10.3. The fourth-order valence-electron chi connectivity index (χ4n) is 1.81. The van der Waals surface area contributed by atoms with Crippen molar-refractivity contribution in [2.45, 2.75) is 32.1 Å². The Balaban J connectivity index is 2.03. The smallest absolute Gasteiger partial charge is 0.178 e. The molecule has 0 spiro atoms. The molecule has 0 aromatic heterocycles. The zero-order valence-electron chi connectivity index (χ0n) is 9.58. The summed E-state index contributed by atoms with van der Waals surface area (Å²) < 4.78 is 0. The predicted molar refractivity (Wildman–Crippen MR) is 70.6 cm³/mol. The molecule has 1 aliphatic carbocycles. The van der Waals surface area contributed by atoms with Gasteiger partial charge in [-0.05, 0) is 43.5 Å². The van der Waals surface area contributed by atoms with Crippen LogP contribution in [0.3, 0.4) is 0 Å². The van der Waals surface area contributed by atoms with Crippen molar-refractivity contribution in [2.75, 3.05) is 5.43 Å². The lowest BCUT2D eigenvalue weighted by Gasteiger charge is -2.03. The molecule has 1 fully saturated rings. The summed E-state index contributed by atoms with van der Waals surface area (Å²) >= 11 is 5.79. The molecule has 1 N–H and O–H groups in total. The van der Waals surface area contributed by atoms with E-state index < -0.39 is 0 Å². The van der Waals surface area contributed by atoms with Gasteiger partial charge in [0.25, 0.3) is 0 Å².